The average molecular weight is 438 g/mol. The number of hydrogen-bond acceptors (Lipinski definition) is 4. The summed E-state index contributed by atoms with van der Waals surface area (Å²) in [5, 5.41) is 9.75. The first-order valence-corrected chi connectivity index (χ1v) is 10.1. The lowest BCUT2D eigenvalue weighted by Crippen LogP contribution is -2.59. The molecule has 2 amide bonds. The van der Waals surface area contributed by atoms with Crippen LogP contribution >= 0.6 is 0 Å². The van der Waals surface area contributed by atoms with E-state index in [0.29, 0.717) is 19.4 Å². The van der Waals surface area contributed by atoms with Crippen LogP contribution < -0.4 is 15.4 Å². The van der Waals surface area contributed by atoms with Gasteiger partial charge in [-0.3, -0.25) is 9.59 Å². The first-order chi connectivity index (χ1) is 14.7. The molecule has 10 heteroatoms. The third-order valence-corrected chi connectivity index (χ3v) is 5.39. The van der Waals surface area contributed by atoms with Crippen molar-refractivity contribution in [3.8, 4) is 11.4 Å². The van der Waals surface area contributed by atoms with Gasteiger partial charge in [-0.15, -0.1) is 0 Å². The Labute approximate surface area is 178 Å². The number of halogens is 3. The summed E-state index contributed by atoms with van der Waals surface area (Å²) in [5.74, 6) is -0.771. The summed E-state index contributed by atoms with van der Waals surface area (Å²) in [4.78, 5) is 25.8. The predicted octanol–water partition coefficient (Wildman–Crippen LogP) is 3.47. The molecule has 3 rings (SSSR count). The molecule has 1 fully saturated rings. The third-order valence-electron chi connectivity index (χ3n) is 5.39. The standard InChI is InChI=1S/C21H25F3N4O3/c1-3-25-19(30)20(10-5-4-6-11-20)26-18(29)17-16(31-2)13-28(27-17)15-9-7-8-14(12-15)21(22,23)24/h7-9,12-13H,3-6,10-11H2,1-2H3,(H,25,30)(H,26,29). The molecule has 168 valence electrons. The van der Waals surface area contributed by atoms with Crippen molar-refractivity contribution >= 4 is 11.8 Å². The van der Waals surface area contributed by atoms with E-state index in [-0.39, 0.29) is 23.0 Å². The molecule has 2 aromatic rings. The Balaban J connectivity index is 1.91. The molecule has 0 spiro atoms. The molecule has 0 bridgehead atoms. The van der Waals surface area contributed by atoms with Crippen LogP contribution in [0.3, 0.4) is 0 Å². The molecule has 1 aromatic carbocycles. The molecule has 1 aliphatic carbocycles. The number of ether oxygens (including phenoxy) is 1. The maximum Gasteiger partial charge on any atom is 0.416 e. The quantitative estimate of drug-likeness (QED) is 0.723. The Morgan fingerprint density at radius 2 is 1.94 bits per heavy atom. The Morgan fingerprint density at radius 1 is 1.23 bits per heavy atom. The largest absolute Gasteiger partial charge is 0.493 e. The zero-order chi connectivity index (χ0) is 22.6. The van der Waals surface area contributed by atoms with E-state index in [9.17, 15) is 22.8 Å². The Morgan fingerprint density at radius 3 is 2.55 bits per heavy atom. The number of nitrogens with one attached hydrogen (secondary N) is 2. The highest BCUT2D eigenvalue weighted by molar-refractivity contribution is 5.99. The highest BCUT2D eigenvalue weighted by Crippen LogP contribution is 2.32. The van der Waals surface area contributed by atoms with Crippen molar-refractivity contribution in [1.29, 1.82) is 0 Å². The minimum Gasteiger partial charge on any atom is -0.493 e. The van der Waals surface area contributed by atoms with Crippen molar-refractivity contribution in [1.82, 2.24) is 20.4 Å². The Hall–Kier alpha value is -3.04. The lowest BCUT2D eigenvalue weighted by Gasteiger charge is -2.36. The molecule has 1 aliphatic rings. The molecule has 0 unspecified atom stereocenters. The van der Waals surface area contributed by atoms with Gasteiger partial charge in [0.05, 0.1) is 24.6 Å². The van der Waals surface area contributed by atoms with Crippen LogP contribution in [0.5, 0.6) is 5.75 Å². The normalized spacial score (nSPS) is 15.9. The minimum absolute atomic E-state index is 0.0942. The summed E-state index contributed by atoms with van der Waals surface area (Å²) in [7, 11) is 1.34. The molecule has 0 aliphatic heterocycles. The SMILES string of the molecule is CCNC(=O)C1(NC(=O)c2nn(-c3cccc(C(F)(F)F)c3)cc2OC)CCCCC1. The fraction of sp³-hybridized carbons (Fsp3) is 0.476. The zero-order valence-electron chi connectivity index (χ0n) is 17.4. The average Bonchev–Trinajstić information content (AvgIpc) is 3.19. The smallest absolute Gasteiger partial charge is 0.416 e. The van der Waals surface area contributed by atoms with E-state index in [1.54, 1.807) is 6.92 Å². The molecular weight excluding hydrogens is 413 g/mol. The lowest BCUT2D eigenvalue weighted by atomic mass is 9.80. The summed E-state index contributed by atoms with van der Waals surface area (Å²) in [6, 6.07) is 4.60. The Bertz CT molecular complexity index is 950. The van der Waals surface area contributed by atoms with Crippen LogP contribution in [0.1, 0.15) is 55.1 Å². The number of alkyl halides is 3. The topological polar surface area (TPSA) is 85.3 Å². The highest BCUT2D eigenvalue weighted by atomic mass is 19.4. The van der Waals surface area contributed by atoms with Crippen molar-refractivity contribution in [2.45, 2.75) is 50.7 Å². The number of amides is 2. The molecule has 1 aromatic heterocycles. The van der Waals surface area contributed by atoms with Crippen LogP contribution in [0.2, 0.25) is 0 Å². The van der Waals surface area contributed by atoms with Gasteiger partial charge in [0.1, 0.15) is 5.54 Å². The first-order valence-electron chi connectivity index (χ1n) is 10.1. The molecule has 0 radical (unpaired) electrons. The van der Waals surface area contributed by atoms with Gasteiger partial charge in [0.2, 0.25) is 5.91 Å². The summed E-state index contributed by atoms with van der Waals surface area (Å²) in [6.45, 7) is 2.24. The molecular formula is C21H25F3N4O3. The fourth-order valence-corrected chi connectivity index (χ4v) is 3.79. The zero-order valence-corrected chi connectivity index (χ0v) is 17.4. The van der Waals surface area contributed by atoms with Crippen LogP contribution in [0, 0.1) is 0 Å². The van der Waals surface area contributed by atoms with E-state index in [4.69, 9.17) is 4.74 Å². The molecule has 2 N–H and O–H groups in total. The van der Waals surface area contributed by atoms with Gasteiger partial charge < -0.3 is 15.4 Å². The number of likely N-dealkylation sites (N-methyl/N-ethyl adjacent to an activating group) is 1. The number of nitrogens with zero attached hydrogens (tertiary/aromatic N) is 2. The summed E-state index contributed by atoms with van der Waals surface area (Å²) in [5.41, 5.74) is -1.85. The number of benzene rings is 1. The predicted molar refractivity (Wildman–Crippen MR) is 107 cm³/mol. The fourth-order valence-electron chi connectivity index (χ4n) is 3.79. The number of carbonyl (C=O) groups is 2. The van der Waals surface area contributed by atoms with Gasteiger partial charge in [-0.05, 0) is 38.0 Å². The molecule has 0 saturated heterocycles. The van der Waals surface area contributed by atoms with Crippen LogP contribution in [0.15, 0.2) is 30.5 Å². The third kappa shape index (κ3) is 4.83. The molecule has 0 atom stereocenters. The Kier molecular flexibility index (Phi) is 6.56. The summed E-state index contributed by atoms with van der Waals surface area (Å²) < 4.78 is 45.5. The first kappa shape index (κ1) is 22.6. The number of aromatic nitrogens is 2. The van der Waals surface area contributed by atoms with Crippen LogP contribution in [-0.2, 0) is 11.0 Å². The van der Waals surface area contributed by atoms with Gasteiger partial charge in [0, 0.05) is 6.54 Å². The van der Waals surface area contributed by atoms with E-state index < -0.39 is 23.2 Å². The maximum absolute atomic E-state index is 13.1. The van der Waals surface area contributed by atoms with E-state index in [1.807, 2.05) is 0 Å². The number of carbonyl (C=O) groups excluding carboxylic acids is 2. The number of hydrogen-bond donors (Lipinski definition) is 2. The van der Waals surface area contributed by atoms with E-state index in [2.05, 4.69) is 15.7 Å². The van der Waals surface area contributed by atoms with Gasteiger partial charge in [-0.1, -0.05) is 25.3 Å². The van der Waals surface area contributed by atoms with Crippen molar-refractivity contribution in [2.75, 3.05) is 13.7 Å². The second-order valence-electron chi connectivity index (χ2n) is 7.50. The van der Waals surface area contributed by atoms with Gasteiger partial charge in [-0.2, -0.15) is 18.3 Å². The summed E-state index contributed by atoms with van der Waals surface area (Å²) in [6.07, 6.45) is 0.408. The van der Waals surface area contributed by atoms with Crippen molar-refractivity contribution in [3.63, 3.8) is 0 Å². The van der Waals surface area contributed by atoms with Crippen molar-refractivity contribution in [2.24, 2.45) is 0 Å². The van der Waals surface area contributed by atoms with Crippen molar-refractivity contribution < 1.29 is 27.5 Å². The lowest BCUT2D eigenvalue weighted by molar-refractivity contribution is -0.137. The minimum atomic E-state index is -4.51. The molecule has 1 heterocycles. The summed E-state index contributed by atoms with van der Waals surface area (Å²) >= 11 is 0. The second-order valence-corrected chi connectivity index (χ2v) is 7.50. The monoisotopic (exact) mass is 438 g/mol. The van der Waals surface area contributed by atoms with E-state index in [1.165, 1.54) is 25.4 Å². The maximum atomic E-state index is 13.1. The molecule has 31 heavy (non-hydrogen) atoms. The van der Waals surface area contributed by atoms with Crippen LogP contribution in [-0.4, -0.2) is 40.8 Å². The van der Waals surface area contributed by atoms with E-state index >= 15 is 0 Å². The molecule has 7 nitrogen and oxygen atoms in total. The molecule has 1 saturated carbocycles. The van der Waals surface area contributed by atoms with Gasteiger partial charge >= 0.3 is 6.18 Å². The van der Waals surface area contributed by atoms with Gasteiger partial charge in [0.15, 0.2) is 11.4 Å². The number of rotatable bonds is 6. The van der Waals surface area contributed by atoms with E-state index in [0.717, 1.165) is 36.1 Å². The van der Waals surface area contributed by atoms with Gasteiger partial charge in [-0.25, -0.2) is 4.68 Å². The second kappa shape index (κ2) is 8.99. The highest BCUT2D eigenvalue weighted by Gasteiger charge is 2.41. The number of methoxy groups -OCH3 is 1. The van der Waals surface area contributed by atoms with Gasteiger partial charge in [0.25, 0.3) is 5.91 Å². The van der Waals surface area contributed by atoms with Crippen molar-refractivity contribution in [3.05, 3.63) is 41.7 Å². The van der Waals surface area contributed by atoms with Crippen LogP contribution in [0.4, 0.5) is 13.2 Å². The van der Waals surface area contributed by atoms with Crippen LogP contribution in [0.25, 0.3) is 5.69 Å².